The third-order valence-corrected chi connectivity index (χ3v) is 4.65. The van der Waals surface area contributed by atoms with Gasteiger partial charge < -0.3 is 10.6 Å². The fourth-order valence-corrected chi connectivity index (χ4v) is 3.42. The van der Waals surface area contributed by atoms with Gasteiger partial charge >= 0.3 is 0 Å². The highest BCUT2D eigenvalue weighted by atomic mass is 32.1. The van der Waals surface area contributed by atoms with Crippen LogP contribution in [0.2, 0.25) is 0 Å². The molecule has 1 aliphatic heterocycles. The number of hydrogen-bond acceptors (Lipinski definition) is 3. The van der Waals surface area contributed by atoms with Crippen LogP contribution < -0.4 is 10.6 Å². The molecule has 1 spiro atoms. The predicted molar refractivity (Wildman–Crippen MR) is 64.1 cm³/mol. The van der Waals surface area contributed by atoms with Gasteiger partial charge in [-0.25, -0.2) is 0 Å². The van der Waals surface area contributed by atoms with E-state index in [-0.39, 0.29) is 0 Å². The SMILES string of the molecule is c1cc(CNC2CC23CCNCC3)cs1. The molecule has 1 saturated carbocycles. The van der Waals surface area contributed by atoms with Crippen LogP contribution in [-0.2, 0) is 6.54 Å². The lowest BCUT2D eigenvalue weighted by molar-refractivity contribution is 0.328. The van der Waals surface area contributed by atoms with Gasteiger partial charge in [-0.1, -0.05) is 0 Å². The van der Waals surface area contributed by atoms with Gasteiger partial charge in [-0.2, -0.15) is 11.3 Å². The maximum atomic E-state index is 3.70. The molecule has 0 bridgehead atoms. The maximum Gasteiger partial charge on any atom is 0.0216 e. The summed E-state index contributed by atoms with van der Waals surface area (Å²) in [6.07, 6.45) is 4.14. The summed E-state index contributed by atoms with van der Waals surface area (Å²) in [5.74, 6) is 0. The molecule has 1 atom stereocenters. The van der Waals surface area contributed by atoms with Gasteiger partial charge in [-0.15, -0.1) is 0 Å². The molecule has 1 aromatic rings. The lowest BCUT2D eigenvalue weighted by Crippen LogP contribution is -2.33. The Morgan fingerprint density at radius 2 is 2.33 bits per heavy atom. The van der Waals surface area contributed by atoms with Crippen LogP contribution in [0.25, 0.3) is 0 Å². The highest BCUT2D eigenvalue weighted by Crippen LogP contribution is 2.52. The third-order valence-electron chi connectivity index (χ3n) is 3.92. The molecule has 1 saturated heterocycles. The van der Waals surface area contributed by atoms with Crippen LogP contribution in [-0.4, -0.2) is 19.1 Å². The van der Waals surface area contributed by atoms with Crippen LogP contribution in [0.5, 0.6) is 0 Å². The molecule has 1 unspecified atom stereocenters. The molecule has 3 rings (SSSR count). The minimum absolute atomic E-state index is 0.668. The van der Waals surface area contributed by atoms with E-state index in [2.05, 4.69) is 27.5 Å². The summed E-state index contributed by atoms with van der Waals surface area (Å²) in [6, 6.07) is 3.01. The van der Waals surface area contributed by atoms with E-state index in [1.807, 2.05) is 0 Å². The Bertz CT molecular complexity index is 314. The van der Waals surface area contributed by atoms with Gasteiger partial charge in [0, 0.05) is 12.6 Å². The molecule has 2 aliphatic rings. The van der Waals surface area contributed by atoms with E-state index in [1.165, 1.54) is 37.9 Å². The summed E-state index contributed by atoms with van der Waals surface area (Å²) < 4.78 is 0. The second-order valence-corrected chi connectivity index (χ2v) is 5.66. The minimum atomic E-state index is 0.668. The largest absolute Gasteiger partial charge is 0.317 e. The minimum Gasteiger partial charge on any atom is -0.317 e. The molecule has 2 nitrogen and oxygen atoms in total. The Morgan fingerprint density at radius 3 is 3.07 bits per heavy atom. The highest BCUT2D eigenvalue weighted by molar-refractivity contribution is 7.07. The lowest BCUT2D eigenvalue weighted by Gasteiger charge is -2.23. The summed E-state index contributed by atoms with van der Waals surface area (Å²) in [5, 5.41) is 11.5. The Kier molecular flexibility index (Phi) is 2.54. The van der Waals surface area contributed by atoms with Crippen molar-refractivity contribution in [2.75, 3.05) is 13.1 Å². The summed E-state index contributed by atoms with van der Waals surface area (Å²) in [6.45, 7) is 3.50. The standard InChI is InChI=1S/C12H18N2S/c1-6-15-9-10(1)8-14-11-7-12(11)2-4-13-5-3-12/h1,6,9,11,13-14H,2-5,7-8H2. The van der Waals surface area contributed by atoms with Crippen molar-refractivity contribution in [1.29, 1.82) is 0 Å². The molecule has 1 aliphatic carbocycles. The number of piperidine rings is 1. The second-order valence-electron chi connectivity index (χ2n) is 4.88. The molecule has 3 heteroatoms. The van der Waals surface area contributed by atoms with Crippen molar-refractivity contribution in [2.45, 2.75) is 31.8 Å². The van der Waals surface area contributed by atoms with E-state index < -0.39 is 0 Å². The molecule has 1 aromatic heterocycles. The first-order chi connectivity index (χ1) is 7.39. The second kappa shape index (κ2) is 3.89. The summed E-state index contributed by atoms with van der Waals surface area (Å²) >= 11 is 1.79. The maximum absolute atomic E-state index is 3.70. The predicted octanol–water partition coefficient (Wildman–Crippen LogP) is 1.98. The van der Waals surface area contributed by atoms with E-state index in [0.29, 0.717) is 5.41 Å². The van der Waals surface area contributed by atoms with Crippen LogP contribution in [0.15, 0.2) is 16.8 Å². The average molecular weight is 222 g/mol. The smallest absolute Gasteiger partial charge is 0.0216 e. The first-order valence-corrected chi connectivity index (χ1v) is 6.79. The normalized spacial score (nSPS) is 28.1. The van der Waals surface area contributed by atoms with E-state index >= 15 is 0 Å². The van der Waals surface area contributed by atoms with Gasteiger partial charge in [0.15, 0.2) is 0 Å². The summed E-state index contributed by atoms with van der Waals surface area (Å²) in [7, 11) is 0. The van der Waals surface area contributed by atoms with E-state index in [4.69, 9.17) is 0 Å². The van der Waals surface area contributed by atoms with Crippen molar-refractivity contribution in [3.63, 3.8) is 0 Å². The van der Waals surface area contributed by atoms with Gasteiger partial charge in [-0.05, 0) is 60.2 Å². The van der Waals surface area contributed by atoms with Crippen molar-refractivity contribution in [3.8, 4) is 0 Å². The summed E-state index contributed by atoms with van der Waals surface area (Å²) in [4.78, 5) is 0. The van der Waals surface area contributed by atoms with Crippen molar-refractivity contribution >= 4 is 11.3 Å². The van der Waals surface area contributed by atoms with Crippen LogP contribution >= 0.6 is 11.3 Å². The highest BCUT2D eigenvalue weighted by Gasteiger charge is 2.53. The van der Waals surface area contributed by atoms with E-state index in [9.17, 15) is 0 Å². The molecule has 2 fully saturated rings. The fourth-order valence-electron chi connectivity index (χ4n) is 2.75. The number of rotatable bonds is 3. The zero-order valence-corrected chi connectivity index (χ0v) is 9.78. The third kappa shape index (κ3) is 1.96. The van der Waals surface area contributed by atoms with Gasteiger partial charge in [0.25, 0.3) is 0 Å². The number of nitrogens with one attached hydrogen (secondary N) is 2. The topological polar surface area (TPSA) is 24.1 Å². The van der Waals surface area contributed by atoms with Gasteiger partial charge in [0.05, 0.1) is 0 Å². The quantitative estimate of drug-likeness (QED) is 0.817. The monoisotopic (exact) mass is 222 g/mol. The molecule has 0 radical (unpaired) electrons. The van der Waals surface area contributed by atoms with Crippen molar-refractivity contribution in [3.05, 3.63) is 22.4 Å². The van der Waals surface area contributed by atoms with Gasteiger partial charge in [-0.3, -0.25) is 0 Å². The van der Waals surface area contributed by atoms with Crippen LogP contribution in [0.4, 0.5) is 0 Å². The number of hydrogen-bond donors (Lipinski definition) is 2. The van der Waals surface area contributed by atoms with Crippen molar-refractivity contribution < 1.29 is 0 Å². The Labute approximate surface area is 95.1 Å². The molecule has 0 aromatic carbocycles. The van der Waals surface area contributed by atoms with Crippen LogP contribution in [0, 0.1) is 5.41 Å². The van der Waals surface area contributed by atoms with Crippen molar-refractivity contribution in [2.24, 2.45) is 5.41 Å². The Balaban J connectivity index is 1.50. The first-order valence-electron chi connectivity index (χ1n) is 5.84. The Hall–Kier alpha value is -0.380. The molecule has 0 amide bonds. The van der Waals surface area contributed by atoms with Gasteiger partial charge in [0.2, 0.25) is 0 Å². The molecular formula is C12H18N2S. The summed E-state index contributed by atoms with van der Waals surface area (Å²) in [5.41, 5.74) is 2.11. The van der Waals surface area contributed by atoms with E-state index in [0.717, 1.165) is 12.6 Å². The molecule has 2 heterocycles. The number of thiophene rings is 1. The molecule has 15 heavy (non-hydrogen) atoms. The van der Waals surface area contributed by atoms with Crippen molar-refractivity contribution in [1.82, 2.24) is 10.6 Å². The zero-order valence-electron chi connectivity index (χ0n) is 8.96. The lowest BCUT2D eigenvalue weighted by atomic mass is 9.94. The molecule has 82 valence electrons. The van der Waals surface area contributed by atoms with Crippen LogP contribution in [0.3, 0.4) is 0 Å². The zero-order chi connectivity index (χ0) is 10.1. The van der Waals surface area contributed by atoms with Crippen LogP contribution in [0.1, 0.15) is 24.8 Å². The Morgan fingerprint density at radius 1 is 1.47 bits per heavy atom. The molecular weight excluding hydrogens is 204 g/mol. The average Bonchev–Trinajstić information content (AvgIpc) is 2.74. The van der Waals surface area contributed by atoms with E-state index in [1.54, 1.807) is 11.3 Å². The first kappa shape index (κ1) is 9.82. The molecule has 2 N–H and O–H groups in total. The fraction of sp³-hybridized carbons (Fsp3) is 0.667. The van der Waals surface area contributed by atoms with Gasteiger partial charge in [0.1, 0.15) is 0 Å².